The highest BCUT2D eigenvalue weighted by Gasteiger charge is 2.21. The van der Waals surface area contributed by atoms with E-state index in [-0.39, 0.29) is 24.0 Å². The fraction of sp³-hybridized carbons (Fsp3) is 0.611. The van der Waals surface area contributed by atoms with Crippen molar-refractivity contribution in [2.24, 2.45) is 4.99 Å². The first kappa shape index (κ1) is 21.0. The summed E-state index contributed by atoms with van der Waals surface area (Å²) in [6, 6.07) is 8.08. The third-order valence-electron chi connectivity index (χ3n) is 4.05. The van der Waals surface area contributed by atoms with Gasteiger partial charge in [-0.3, -0.25) is 0 Å². The zero-order chi connectivity index (χ0) is 16.5. The molecule has 0 bridgehead atoms. The highest BCUT2D eigenvalue weighted by atomic mass is 127. The molecule has 0 saturated carbocycles. The van der Waals surface area contributed by atoms with Gasteiger partial charge in [0.15, 0.2) is 5.96 Å². The summed E-state index contributed by atoms with van der Waals surface area (Å²) in [4.78, 5) is 7.12. The van der Waals surface area contributed by atoms with Gasteiger partial charge in [-0.05, 0) is 44.4 Å². The Hall–Kier alpha value is -1.02. The molecular formula is C18H30IN3O2. The van der Waals surface area contributed by atoms with Crippen LogP contribution >= 0.6 is 24.0 Å². The summed E-state index contributed by atoms with van der Waals surface area (Å²) in [7, 11) is 1.68. The lowest BCUT2D eigenvalue weighted by Gasteiger charge is -2.34. The zero-order valence-electron chi connectivity index (χ0n) is 15.0. The number of piperidine rings is 1. The average Bonchev–Trinajstić information content (AvgIpc) is 2.60. The minimum absolute atomic E-state index is 0. The predicted molar refractivity (Wildman–Crippen MR) is 109 cm³/mol. The van der Waals surface area contributed by atoms with E-state index in [4.69, 9.17) is 14.5 Å². The van der Waals surface area contributed by atoms with Gasteiger partial charge in [-0.1, -0.05) is 12.1 Å². The molecule has 1 fully saturated rings. The standard InChI is InChI=1S/C18H29N3O2.HI/c1-4-19-18(21-12-10-17(11-13-21)23-5-2)20-14-15-6-8-16(22-3)9-7-15;/h6-9,17H,4-5,10-14H2,1-3H3,(H,19,20);1H. The predicted octanol–water partition coefficient (Wildman–Crippen LogP) is 3.28. The maximum absolute atomic E-state index is 5.72. The second kappa shape index (κ2) is 11.5. The Morgan fingerprint density at radius 2 is 1.88 bits per heavy atom. The number of nitrogens with one attached hydrogen (secondary N) is 1. The lowest BCUT2D eigenvalue weighted by atomic mass is 10.1. The average molecular weight is 447 g/mol. The van der Waals surface area contributed by atoms with Crippen LogP contribution in [-0.2, 0) is 11.3 Å². The Kier molecular flexibility index (Phi) is 10.1. The highest BCUT2D eigenvalue weighted by Crippen LogP contribution is 2.15. The maximum Gasteiger partial charge on any atom is 0.194 e. The van der Waals surface area contributed by atoms with Crippen LogP contribution < -0.4 is 10.1 Å². The number of nitrogens with zero attached hydrogens (tertiary/aromatic N) is 2. The van der Waals surface area contributed by atoms with Crippen LogP contribution in [0.2, 0.25) is 0 Å². The largest absolute Gasteiger partial charge is 0.497 e. The number of benzene rings is 1. The van der Waals surface area contributed by atoms with Crippen molar-refractivity contribution in [2.75, 3.05) is 33.4 Å². The minimum Gasteiger partial charge on any atom is -0.497 e. The molecule has 136 valence electrons. The first-order valence-electron chi connectivity index (χ1n) is 8.54. The van der Waals surface area contributed by atoms with Gasteiger partial charge in [-0.2, -0.15) is 0 Å². The van der Waals surface area contributed by atoms with Gasteiger partial charge in [0.05, 0.1) is 19.8 Å². The molecule has 5 nitrogen and oxygen atoms in total. The van der Waals surface area contributed by atoms with Gasteiger partial charge in [-0.15, -0.1) is 24.0 Å². The Morgan fingerprint density at radius 3 is 2.42 bits per heavy atom. The number of aliphatic imine (C=N–C) groups is 1. The molecular weight excluding hydrogens is 417 g/mol. The molecule has 1 aliphatic rings. The Labute approximate surface area is 162 Å². The molecule has 1 saturated heterocycles. The number of ether oxygens (including phenoxy) is 2. The van der Waals surface area contributed by atoms with Crippen molar-refractivity contribution in [3.05, 3.63) is 29.8 Å². The van der Waals surface area contributed by atoms with E-state index in [9.17, 15) is 0 Å². The van der Waals surface area contributed by atoms with Crippen molar-refractivity contribution in [3.63, 3.8) is 0 Å². The monoisotopic (exact) mass is 447 g/mol. The third-order valence-corrected chi connectivity index (χ3v) is 4.05. The molecule has 0 amide bonds. The number of rotatable bonds is 6. The van der Waals surface area contributed by atoms with E-state index in [0.29, 0.717) is 12.6 Å². The molecule has 0 unspecified atom stereocenters. The number of hydrogen-bond acceptors (Lipinski definition) is 3. The van der Waals surface area contributed by atoms with Gasteiger partial charge in [0.25, 0.3) is 0 Å². The van der Waals surface area contributed by atoms with Crippen LogP contribution in [0.3, 0.4) is 0 Å². The van der Waals surface area contributed by atoms with E-state index in [0.717, 1.165) is 50.8 Å². The topological polar surface area (TPSA) is 46.1 Å². The van der Waals surface area contributed by atoms with Crippen LogP contribution in [0.25, 0.3) is 0 Å². The van der Waals surface area contributed by atoms with E-state index in [1.54, 1.807) is 7.11 Å². The highest BCUT2D eigenvalue weighted by molar-refractivity contribution is 14.0. The summed E-state index contributed by atoms with van der Waals surface area (Å²) in [6.07, 6.45) is 2.54. The van der Waals surface area contributed by atoms with Crippen LogP contribution in [0.15, 0.2) is 29.3 Å². The van der Waals surface area contributed by atoms with Gasteiger partial charge in [0, 0.05) is 26.2 Å². The molecule has 0 aliphatic carbocycles. The molecule has 24 heavy (non-hydrogen) atoms. The van der Waals surface area contributed by atoms with E-state index < -0.39 is 0 Å². The summed E-state index contributed by atoms with van der Waals surface area (Å²) in [5, 5.41) is 3.40. The van der Waals surface area contributed by atoms with Gasteiger partial charge in [-0.25, -0.2) is 4.99 Å². The van der Waals surface area contributed by atoms with E-state index in [2.05, 4.69) is 36.2 Å². The lowest BCUT2D eigenvalue weighted by Crippen LogP contribution is -2.47. The van der Waals surface area contributed by atoms with Crippen molar-refractivity contribution in [2.45, 2.75) is 39.3 Å². The molecule has 1 aromatic carbocycles. The summed E-state index contributed by atoms with van der Waals surface area (Å²) >= 11 is 0. The third kappa shape index (κ3) is 6.47. The van der Waals surface area contributed by atoms with Gasteiger partial charge in [0.2, 0.25) is 0 Å². The van der Waals surface area contributed by atoms with Crippen LogP contribution in [0.1, 0.15) is 32.3 Å². The molecule has 1 aliphatic heterocycles. The van der Waals surface area contributed by atoms with Crippen molar-refractivity contribution >= 4 is 29.9 Å². The van der Waals surface area contributed by atoms with Gasteiger partial charge < -0.3 is 19.7 Å². The number of guanidine groups is 1. The van der Waals surface area contributed by atoms with Crippen LogP contribution in [0, 0.1) is 0 Å². The summed E-state index contributed by atoms with van der Waals surface area (Å²) in [5.41, 5.74) is 1.19. The number of halogens is 1. The van der Waals surface area contributed by atoms with Crippen molar-refractivity contribution in [1.29, 1.82) is 0 Å². The molecule has 0 aromatic heterocycles. The molecule has 0 atom stereocenters. The first-order valence-corrected chi connectivity index (χ1v) is 8.54. The molecule has 0 radical (unpaired) electrons. The SMILES string of the molecule is CCNC(=NCc1ccc(OC)cc1)N1CCC(OCC)CC1.I. The normalized spacial score (nSPS) is 15.8. The molecule has 1 aromatic rings. The van der Waals surface area contributed by atoms with Gasteiger partial charge >= 0.3 is 0 Å². The summed E-state index contributed by atoms with van der Waals surface area (Å²) < 4.78 is 10.9. The zero-order valence-corrected chi connectivity index (χ0v) is 17.3. The fourth-order valence-electron chi connectivity index (χ4n) is 2.79. The quantitative estimate of drug-likeness (QED) is 0.413. The van der Waals surface area contributed by atoms with Crippen LogP contribution in [0.5, 0.6) is 5.75 Å². The Morgan fingerprint density at radius 1 is 1.21 bits per heavy atom. The van der Waals surface area contributed by atoms with Crippen molar-refractivity contribution in [1.82, 2.24) is 10.2 Å². The Balaban J connectivity index is 0.00000288. The van der Waals surface area contributed by atoms with E-state index in [1.165, 1.54) is 5.56 Å². The second-order valence-corrected chi connectivity index (χ2v) is 5.66. The van der Waals surface area contributed by atoms with Crippen molar-refractivity contribution in [3.8, 4) is 5.75 Å². The fourth-order valence-corrected chi connectivity index (χ4v) is 2.79. The van der Waals surface area contributed by atoms with E-state index in [1.807, 2.05) is 12.1 Å². The first-order chi connectivity index (χ1) is 11.3. The molecule has 2 rings (SSSR count). The Bertz CT molecular complexity index is 486. The molecule has 0 spiro atoms. The van der Waals surface area contributed by atoms with Gasteiger partial charge in [0.1, 0.15) is 5.75 Å². The molecule has 1 heterocycles. The number of hydrogen-bond donors (Lipinski definition) is 1. The number of likely N-dealkylation sites (tertiary alicyclic amines) is 1. The summed E-state index contributed by atoms with van der Waals surface area (Å²) in [5.74, 6) is 1.88. The van der Waals surface area contributed by atoms with Crippen LogP contribution in [-0.4, -0.2) is 50.3 Å². The molecule has 6 heteroatoms. The lowest BCUT2D eigenvalue weighted by molar-refractivity contribution is 0.0263. The number of methoxy groups -OCH3 is 1. The smallest absolute Gasteiger partial charge is 0.194 e. The van der Waals surface area contributed by atoms with E-state index >= 15 is 0 Å². The molecule has 1 N–H and O–H groups in total. The summed E-state index contributed by atoms with van der Waals surface area (Å²) in [6.45, 7) is 8.53. The van der Waals surface area contributed by atoms with Crippen LogP contribution in [0.4, 0.5) is 0 Å². The maximum atomic E-state index is 5.72. The van der Waals surface area contributed by atoms with Crippen molar-refractivity contribution < 1.29 is 9.47 Å². The minimum atomic E-state index is 0. The second-order valence-electron chi connectivity index (χ2n) is 5.66.